The van der Waals surface area contributed by atoms with Gasteiger partial charge in [-0.3, -0.25) is 14.6 Å². The molecule has 0 fully saturated rings. The van der Waals surface area contributed by atoms with E-state index in [9.17, 15) is 9.59 Å². The molecular formula is C19H23N3O2. The van der Waals surface area contributed by atoms with Crippen LogP contribution in [0, 0.1) is 13.8 Å². The molecule has 2 aromatic rings. The average Bonchev–Trinajstić information content (AvgIpc) is 2.55. The molecule has 0 aliphatic carbocycles. The van der Waals surface area contributed by atoms with Gasteiger partial charge in [0.1, 0.15) is 0 Å². The minimum atomic E-state index is -0.0978. The number of carbonyl (C=O) groups is 2. The molecule has 1 N–H and O–H groups in total. The maximum Gasteiger partial charge on any atom is 0.226 e. The Hall–Kier alpha value is -2.69. The molecule has 5 nitrogen and oxygen atoms in total. The Balaban J connectivity index is 1.91. The molecule has 1 aromatic heterocycles. The lowest BCUT2D eigenvalue weighted by molar-refractivity contribution is -0.129. The monoisotopic (exact) mass is 325 g/mol. The van der Waals surface area contributed by atoms with Crippen LogP contribution < -0.4 is 5.32 Å². The van der Waals surface area contributed by atoms with Crippen LogP contribution in [0.4, 0.5) is 5.69 Å². The fourth-order valence-electron chi connectivity index (χ4n) is 2.46. The summed E-state index contributed by atoms with van der Waals surface area (Å²) in [5.41, 5.74) is 3.95. The lowest BCUT2D eigenvalue weighted by atomic mass is 10.1. The summed E-state index contributed by atoms with van der Waals surface area (Å²) in [5, 5.41) is 2.91. The standard InChI is InChI=1S/C19H23N3O2/c1-14-6-7-18(15(2)11-14)21-19(24)8-10-22(16(3)23)13-17-5-4-9-20-12-17/h4-7,9,11-12H,8,10,13H2,1-3H3,(H,21,24). The van der Waals surface area contributed by atoms with Gasteiger partial charge >= 0.3 is 0 Å². The normalized spacial score (nSPS) is 10.3. The van der Waals surface area contributed by atoms with Crippen molar-refractivity contribution in [3.8, 4) is 0 Å². The molecule has 0 unspecified atom stereocenters. The first-order valence-electron chi connectivity index (χ1n) is 7.97. The summed E-state index contributed by atoms with van der Waals surface area (Å²) < 4.78 is 0. The van der Waals surface area contributed by atoms with Gasteiger partial charge in [-0.15, -0.1) is 0 Å². The zero-order chi connectivity index (χ0) is 17.5. The van der Waals surface area contributed by atoms with Crippen molar-refractivity contribution in [2.75, 3.05) is 11.9 Å². The van der Waals surface area contributed by atoms with Gasteiger partial charge in [0.25, 0.3) is 0 Å². The third-order valence-electron chi connectivity index (χ3n) is 3.81. The summed E-state index contributed by atoms with van der Waals surface area (Å²) in [6.45, 7) is 6.33. The SMILES string of the molecule is CC(=O)N(CCC(=O)Nc1ccc(C)cc1C)Cc1cccnc1. The van der Waals surface area contributed by atoms with Crippen LogP contribution in [0.3, 0.4) is 0 Å². The van der Waals surface area contributed by atoms with Crippen molar-refractivity contribution >= 4 is 17.5 Å². The fourth-order valence-corrected chi connectivity index (χ4v) is 2.46. The minimum absolute atomic E-state index is 0.0573. The number of rotatable bonds is 6. The van der Waals surface area contributed by atoms with E-state index in [1.807, 2.05) is 44.2 Å². The van der Waals surface area contributed by atoms with Gasteiger partial charge in [-0.1, -0.05) is 23.8 Å². The molecule has 0 aliphatic rings. The van der Waals surface area contributed by atoms with E-state index in [4.69, 9.17) is 0 Å². The zero-order valence-electron chi connectivity index (χ0n) is 14.4. The maximum absolute atomic E-state index is 12.2. The molecule has 2 rings (SSSR count). The lowest BCUT2D eigenvalue weighted by Gasteiger charge is -2.21. The number of hydrogen-bond acceptors (Lipinski definition) is 3. The highest BCUT2D eigenvalue weighted by atomic mass is 16.2. The highest BCUT2D eigenvalue weighted by Crippen LogP contribution is 2.16. The van der Waals surface area contributed by atoms with E-state index in [-0.39, 0.29) is 18.2 Å². The number of benzene rings is 1. The number of amides is 2. The van der Waals surface area contributed by atoms with Crippen molar-refractivity contribution in [2.24, 2.45) is 0 Å². The van der Waals surface area contributed by atoms with E-state index in [1.54, 1.807) is 17.3 Å². The Morgan fingerprint density at radius 1 is 1.21 bits per heavy atom. The summed E-state index contributed by atoms with van der Waals surface area (Å²) in [4.78, 5) is 29.7. The van der Waals surface area contributed by atoms with Crippen molar-refractivity contribution < 1.29 is 9.59 Å². The number of nitrogens with one attached hydrogen (secondary N) is 1. The molecule has 24 heavy (non-hydrogen) atoms. The zero-order valence-corrected chi connectivity index (χ0v) is 14.4. The number of anilines is 1. The molecular weight excluding hydrogens is 302 g/mol. The van der Waals surface area contributed by atoms with Crippen LogP contribution >= 0.6 is 0 Å². The van der Waals surface area contributed by atoms with Gasteiger partial charge in [-0.2, -0.15) is 0 Å². The number of carbonyl (C=O) groups excluding carboxylic acids is 2. The van der Waals surface area contributed by atoms with Crippen molar-refractivity contribution in [1.29, 1.82) is 0 Å². The van der Waals surface area contributed by atoms with E-state index in [1.165, 1.54) is 6.92 Å². The average molecular weight is 325 g/mol. The maximum atomic E-state index is 12.2. The van der Waals surface area contributed by atoms with E-state index in [0.29, 0.717) is 13.1 Å². The molecule has 0 aliphatic heterocycles. The molecule has 0 bridgehead atoms. The van der Waals surface area contributed by atoms with Crippen LogP contribution in [0.15, 0.2) is 42.7 Å². The number of hydrogen-bond donors (Lipinski definition) is 1. The third kappa shape index (κ3) is 5.19. The fraction of sp³-hybridized carbons (Fsp3) is 0.316. The molecule has 1 aromatic carbocycles. The highest BCUT2D eigenvalue weighted by Gasteiger charge is 2.12. The Labute approximate surface area is 142 Å². The molecule has 0 radical (unpaired) electrons. The van der Waals surface area contributed by atoms with Crippen LogP contribution in [0.25, 0.3) is 0 Å². The van der Waals surface area contributed by atoms with Crippen molar-refractivity contribution in [3.05, 3.63) is 59.4 Å². The summed E-state index contributed by atoms with van der Waals surface area (Å²) in [6.07, 6.45) is 3.68. The molecule has 0 saturated heterocycles. The largest absolute Gasteiger partial charge is 0.338 e. The van der Waals surface area contributed by atoms with Gasteiger partial charge in [0.05, 0.1) is 0 Å². The van der Waals surface area contributed by atoms with Gasteiger partial charge in [0.2, 0.25) is 11.8 Å². The summed E-state index contributed by atoms with van der Waals surface area (Å²) in [6, 6.07) is 9.65. The topological polar surface area (TPSA) is 62.3 Å². The Kier molecular flexibility index (Phi) is 6.07. The highest BCUT2D eigenvalue weighted by molar-refractivity contribution is 5.91. The van der Waals surface area contributed by atoms with Crippen LogP contribution in [0.5, 0.6) is 0 Å². The van der Waals surface area contributed by atoms with Gasteiger partial charge in [0, 0.05) is 44.5 Å². The summed E-state index contributed by atoms with van der Waals surface area (Å²) in [5.74, 6) is -0.155. The van der Waals surface area contributed by atoms with E-state index in [0.717, 1.165) is 22.4 Å². The third-order valence-corrected chi connectivity index (χ3v) is 3.81. The first-order chi connectivity index (χ1) is 11.5. The summed E-state index contributed by atoms with van der Waals surface area (Å²) >= 11 is 0. The molecule has 5 heteroatoms. The van der Waals surface area contributed by atoms with Crippen molar-refractivity contribution in [1.82, 2.24) is 9.88 Å². The van der Waals surface area contributed by atoms with Gasteiger partial charge in [0.15, 0.2) is 0 Å². The molecule has 126 valence electrons. The number of pyridine rings is 1. The first kappa shape index (κ1) is 17.7. The van der Waals surface area contributed by atoms with Crippen molar-refractivity contribution in [2.45, 2.75) is 33.7 Å². The predicted molar refractivity (Wildman–Crippen MR) is 94.5 cm³/mol. The second kappa shape index (κ2) is 8.24. The van der Waals surface area contributed by atoms with Crippen LogP contribution in [0.1, 0.15) is 30.0 Å². The van der Waals surface area contributed by atoms with E-state index < -0.39 is 0 Å². The van der Waals surface area contributed by atoms with E-state index >= 15 is 0 Å². The Morgan fingerprint density at radius 2 is 2.00 bits per heavy atom. The molecule has 1 heterocycles. The number of nitrogens with zero attached hydrogens (tertiary/aromatic N) is 2. The number of aromatic nitrogens is 1. The van der Waals surface area contributed by atoms with Crippen LogP contribution in [-0.4, -0.2) is 28.2 Å². The smallest absolute Gasteiger partial charge is 0.226 e. The first-order valence-corrected chi connectivity index (χ1v) is 7.97. The van der Waals surface area contributed by atoms with Crippen LogP contribution in [-0.2, 0) is 16.1 Å². The van der Waals surface area contributed by atoms with Crippen molar-refractivity contribution in [3.63, 3.8) is 0 Å². The Bertz CT molecular complexity index is 714. The summed E-state index contributed by atoms with van der Waals surface area (Å²) in [7, 11) is 0. The number of aryl methyl sites for hydroxylation is 2. The second-order valence-corrected chi connectivity index (χ2v) is 5.92. The quantitative estimate of drug-likeness (QED) is 0.888. The molecule has 0 atom stereocenters. The van der Waals surface area contributed by atoms with Crippen LogP contribution in [0.2, 0.25) is 0 Å². The van der Waals surface area contributed by atoms with Gasteiger partial charge in [-0.25, -0.2) is 0 Å². The second-order valence-electron chi connectivity index (χ2n) is 5.92. The van der Waals surface area contributed by atoms with E-state index in [2.05, 4.69) is 10.3 Å². The Morgan fingerprint density at radius 3 is 2.62 bits per heavy atom. The predicted octanol–water partition coefficient (Wildman–Crippen LogP) is 3.08. The van der Waals surface area contributed by atoms with Gasteiger partial charge < -0.3 is 10.2 Å². The molecule has 2 amide bonds. The molecule has 0 saturated carbocycles. The minimum Gasteiger partial charge on any atom is -0.338 e. The van der Waals surface area contributed by atoms with Gasteiger partial charge in [-0.05, 0) is 37.1 Å². The molecule has 0 spiro atoms. The lowest BCUT2D eigenvalue weighted by Crippen LogP contribution is -2.31.